The number of carbonyl (C=O) groups is 2. The Balaban J connectivity index is 1.79. The number of carbonyl (C=O) groups excluding carboxylic acids is 2. The molecule has 0 saturated heterocycles. The molecule has 0 spiro atoms. The minimum Gasteiger partial charge on any atom is -0.363 e. The van der Waals surface area contributed by atoms with Gasteiger partial charge in [0.25, 0.3) is 0 Å². The van der Waals surface area contributed by atoms with Gasteiger partial charge >= 0.3 is 0 Å². The Morgan fingerprint density at radius 3 is 2.48 bits per heavy atom. The summed E-state index contributed by atoms with van der Waals surface area (Å²) >= 11 is 0. The largest absolute Gasteiger partial charge is 0.363 e. The summed E-state index contributed by atoms with van der Waals surface area (Å²) in [6, 6.07) is 1.79. The lowest BCUT2D eigenvalue weighted by Crippen LogP contribution is -2.45. The molecule has 1 aromatic heterocycles. The van der Waals surface area contributed by atoms with E-state index < -0.39 is 0 Å². The number of unbranched alkanes of at least 4 members (excludes halogenated alkanes) is 6. The molecular weight excluding hydrogens is 342 g/mol. The van der Waals surface area contributed by atoms with Crippen LogP contribution in [0.15, 0.2) is 16.9 Å². The van der Waals surface area contributed by atoms with E-state index in [-0.39, 0.29) is 24.4 Å². The van der Waals surface area contributed by atoms with Gasteiger partial charge in [-0.05, 0) is 19.3 Å². The third-order valence-corrected chi connectivity index (χ3v) is 5.35. The molecule has 2 rings (SSSR count). The molecule has 0 bridgehead atoms. The molecule has 0 aliphatic heterocycles. The summed E-state index contributed by atoms with van der Waals surface area (Å²) in [7, 11) is 0. The van der Waals surface area contributed by atoms with E-state index in [2.05, 4.69) is 17.4 Å². The van der Waals surface area contributed by atoms with Gasteiger partial charge in [0.05, 0.1) is 0 Å². The Morgan fingerprint density at radius 1 is 1.11 bits per heavy atom. The van der Waals surface area contributed by atoms with Crippen molar-refractivity contribution in [3.05, 3.63) is 12.3 Å². The van der Waals surface area contributed by atoms with Crippen molar-refractivity contribution in [3.8, 4) is 0 Å². The molecular formula is C21H35N3O3. The topological polar surface area (TPSA) is 75.4 Å². The van der Waals surface area contributed by atoms with Gasteiger partial charge < -0.3 is 14.7 Å². The first-order valence-electron chi connectivity index (χ1n) is 10.7. The van der Waals surface area contributed by atoms with Crippen LogP contribution < -0.4 is 5.32 Å². The summed E-state index contributed by atoms with van der Waals surface area (Å²) in [4.78, 5) is 27.0. The van der Waals surface area contributed by atoms with Crippen LogP contribution in [0.4, 0.5) is 5.82 Å². The van der Waals surface area contributed by atoms with E-state index in [1.165, 1.54) is 44.8 Å². The quantitative estimate of drug-likeness (QED) is 0.525. The second-order valence-corrected chi connectivity index (χ2v) is 7.62. The molecule has 27 heavy (non-hydrogen) atoms. The second kappa shape index (κ2) is 12.5. The van der Waals surface area contributed by atoms with Crippen molar-refractivity contribution in [2.75, 3.05) is 11.9 Å². The van der Waals surface area contributed by atoms with Gasteiger partial charge in [-0.15, -0.1) is 0 Å². The highest BCUT2D eigenvalue weighted by molar-refractivity contribution is 5.93. The number of amides is 2. The zero-order valence-corrected chi connectivity index (χ0v) is 16.8. The minimum atomic E-state index is -0.206. The van der Waals surface area contributed by atoms with E-state index in [0.717, 1.165) is 38.5 Å². The standard InChI is InChI=1S/C21H35N3O3/c1-2-3-4-5-6-7-11-14-21(26)24(18-12-9-8-10-13-18)17-20(25)22-19-15-16-27-23-19/h15-16,18H,2-14,17H2,1H3,(H,22,23,25). The molecule has 0 unspecified atom stereocenters. The average molecular weight is 378 g/mol. The third-order valence-electron chi connectivity index (χ3n) is 5.35. The van der Waals surface area contributed by atoms with Gasteiger partial charge in [-0.1, -0.05) is 69.9 Å². The molecule has 2 amide bonds. The Kier molecular flexibility index (Phi) is 9.95. The number of hydrogen-bond acceptors (Lipinski definition) is 4. The normalized spacial score (nSPS) is 14.9. The lowest BCUT2D eigenvalue weighted by molar-refractivity contribution is -0.137. The van der Waals surface area contributed by atoms with Gasteiger partial charge in [-0.3, -0.25) is 9.59 Å². The van der Waals surface area contributed by atoms with Crippen LogP contribution >= 0.6 is 0 Å². The first-order chi connectivity index (χ1) is 13.2. The van der Waals surface area contributed by atoms with Gasteiger partial charge in [0.15, 0.2) is 5.82 Å². The number of nitrogens with zero attached hydrogens (tertiary/aromatic N) is 2. The maximum atomic E-state index is 12.8. The van der Waals surface area contributed by atoms with E-state index in [1.807, 2.05) is 4.90 Å². The van der Waals surface area contributed by atoms with Crippen molar-refractivity contribution >= 4 is 17.6 Å². The number of nitrogens with one attached hydrogen (secondary N) is 1. The highest BCUT2D eigenvalue weighted by Crippen LogP contribution is 2.24. The van der Waals surface area contributed by atoms with Crippen molar-refractivity contribution in [2.24, 2.45) is 0 Å². The van der Waals surface area contributed by atoms with E-state index >= 15 is 0 Å². The summed E-state index contributed by atoms with van der Waals surface area (Å²) in [5.74, 6) is 0.302. The molecule has 6 nitrogen and oxygen atoms in total. The number of hydrogen-bond donors (Lipinski definition) is 1. The lowest BCUT2D eigenvalue weighted by Gasteiger charge is -2.34. The first kappa shape index (κ1) is 21.5. The maximum Gasteiger partial charge on any atom is 0.245 e. The molecule has 0 aromatic carbocycles. The van der Waals surface area contributed by atoms with Crippen LogP contribution in [-0.4, -0.2) is 34.5 Å². The molecule has 1 saturated carbocycles. The monoisotopic (exact) mass is 377 g/mol. The molecule has 0 atom stereocenters. The number of aromatic nitrogens is 1. The van der Waals surface area contributed by atoms with Crippen LogP contribution in [0.1, 0.15) is 90.4 Å². The van der Waals surface area contributed by atoms with Crippen LogP contribution in [0, 0.1) is 0 Å². The van der Waals surface area contributed by atoms with Crippen molar-refractivity contribution in [1.29, 1.82) is 0 Å². The molecule has 6 heteroatoms. The molecule has 152 valence electrons. The summed E-state index contributed by atoms with van der Waals surface area (Å²) in [6.07, 6.45) is 15.8. The Morgan fingerprint density at radius 2 is 1.81 bits per heavy atom. The van der Waals surface area contributed by atoms with Crippen molar-refractivity contribution in [3.63, 3.8) is 0 Å². The van der Waals surface area contributed by atoms with E-state index in [1.54, 1.807) is 6.07 Å². The molecule has 1 aliphatic carbocycles. The SMILES string of the molecule is CCCCCCCCCC(=O)N(CC(=O)Nc1ccon1)C1CCCCC1. The number of anilines is 1. The summed E-state index contributed by atoms with van der Waals surface area (Å²) in [6.45, 7) is 2.32. The fraction of sp³-hybridized carbons (Fsp3) is 0.762. The van der Waals surface area contributed by atoms with Crippen molar-refractivity contribution in [1.82, 2.24) is 10.1 Å². The first-order valence-corrected chi connectivity index (χ1v) is 10.7. The second-order valence-electron chi connectivity index (χ2n) is 7.62. The van der Waals surface area contributed by atoms with E-state index in [4.69, 9.17) is 4.52 Å². The highest BCUT2D eigenvalue weighted by atomic mass is 16.5. The van der Waals surface area contributed by atoms with Crippen molar-refractivity contribution < 1.29 is 14.1 Å². The average Bonchev–Trinajstić information content (AvgIpc) is 3.19. The van der Waals surface area contributed by atoms with Gasteiger partial charge in [0.2, 0.25) is 11.8 Å². The van der Waals surface area contributed by atoms with Crippen LogP contribution in [0.5, 0.6) is 0 Å². The Labute approximate surface area is 163 Å². The smallest absolute Gasteiger partial charge is 0.245 e. The van der Waals surface area contributed by atoms with Gasteiger partial charge in [0, 0.05) is 18.5 Å². The van der Waals surface area contributed by atoms with Gasteiger partial charge in [-0.2, -0.15) is 0 Å². The maximum absolute atomic E-state index is 12.8. The summed E-state index contributed by atoms with van der Waals surface area (Å²) in [5.41, 5.74) is 0. The van der Waals surface area contributed by atoms with Gasteiger partial charge in [-0.25, -0.2) is 0 Å². The van der Waals surface area contributed by atoms with Crippen LogP contribution in [0.2, 0.25) is 0 Å². The number of rotatable bonds is 12. The minimum absolute atomic E-state index is 0.104. The fourth-order valence-corrected chi connectivity index (χ4v) is 3.80. The third kappa shape index (κ3) is 8.14. The zero-order valence-electron chi connectivity index (χ0n) is 16.8. The summed E-state index contributed by atoms with van der Waals surface area (Å²) < 4.78 is 4.74. The van der Waals surface area contributed by atoms with E-state index in [0.29, 0.717) is 12.2 Å². The van der Waals surface area contributed by atoms with E-state index in [9.17, 15) is 9.59 Å². The molecule has 1 N–H and O–H groups in total. The van der Waals surface area contributed by atoms with Gasteiger partial charge in [0.1, 0.15) is 12.8 Å². The molecule has 1 heterocycles. The zero-order chi connectivity index (χ0) is 19.3. The lowest BCUT2D eigenvalue weighted by atomic mass is 9.93. The molecule has 1 aliphatic rings. The Bertz CT molecular complexity index is 539. The summed E-state index contributed by atoms with van der Waals surface area (Å²) in [5, 5.41) is 6.41. The Hall–Kier alpha value is -1.85. The fourth-order valence-electron chi connectivity index (χ4n) is 3.80. The van der Waals surface area contributed by atoms with Crippen molar-refractivity contribution in [2.45, 2.75) is 96.4 Å². The van der Waals surface area contributed by atoms with Crippen LogP contribution in [0.25, 0.3) is 0 Å². The molecule has 0 radical (unpaired) electrons. The van der Waals surface area contributed by atoms with Crippen LogP contribution in [0.3, 0.4) is 0 Å². The molecule has 1 fully saturated rings. The van der Waals surface area contributed by atoms with Crippen LogP contribution in [-0.2, 0) is 9.59 Å². The predicted octanol–water partition coefficient (Wildman–Crippen LogP) is 4.92. The predicted molar refractivity (Wildman–Crippen MR) is 106 cm³/mol. The highest BCUT2D eigenvalue weighted by Gasteiger charge is 2.27. The molecule has 1 aromatic rings.